The second-order valence-electron chi connectivity index (χ2n) is 14.3. The molecule has 62 heavy (non-hydrogen) atoms. The van der Waals surface area contributed by atoms with Gasteiger partial charge in [-0.05, 0) is 161 Å². The number of rotatable bonds is 6. The van der Waals surface area contributed by atoms with Gasteiger partial charge in [0.15, 0.2) is 0 Å². The molecule has 4 aliphatic rings. The van der Waals surface area contributed by atoms with Crippen molar-refractivity contribution < 1.29 is 41.9 Å². The van der Waals surface area contributed by atoms with Crippen LogP contribution in [0.2, 0.25) is 0 Å². The number of nitrogens with one attached hydrogen (secondary N) is 2. The lowest BCUT2D eigenvalue weighted by molar-refractivity contribution is -0.140. The predicted molar refractivity (Wildman–Crippen MR) is 230 cm³/mol. The van der Waals surface area contributed by atoms with Crippen molar-refractivity contribution in [1.29, 1.82) is 0 Å². The van der Waals surface area contributed by atoms with E-state index in [1.165, 1.54) is 107 Å². The van der Waals surface area contributed by atoms with E-state index >= 15 is 0 Å². The van der Waals surface area contributed by atoms with E-state index in [1.807, 2.05) is 18.2 Å². The number of nitrogens with zero attached hydrogens (tertiary/aromatic N) is 4. The zero-order valence-corrected chi connectivity index (χ0v) is 34.1. The van der Waals surface area contributed by atoms with E-state index in [-0.39, 0.29) is 53.0 Å². The van der Waals surface area contributed by atoms with Crippen LogP contribution < -0.4 is 16.4 Å². The molecular weight excluding hydrogens is 804 g/mol. The molecule has 0 aliphatic carbocycles. The SMILES string of the molecule is Nc1ccc(F)cc1.O=C(Nc1ccc(F)cc1)N1CCC(/C=C/C(=O)N2CCC=CC2=O)CC1.O=C1C=CCCN1C(=O)/C=C/C1CCNCC1.O=C=Nc1ccc(F)cc1. The van der Waals surface area contributed by atoms with Crippen molar-refractivity contribution >= 4 is 52.8 Å². The molecule has 326 valence electrons. The number of amides is 6. The zero-order chi connectivity index (χ0) is 44.7. The Morgan fingerprint density at radius 2 is 1.13 bits per heavy atom. The van der Waals surface area contributed by atoms with Crippen molar-refractivity contribution in [3.05, 3.63) is 139 Å². The van der Waals surface area contributed by atoms with Gasteiger partial charge < -0.3 is 21.3 Å². The summed E-state index contributed by atoms with van der Waals surface area (Å²) in [6, 6.07) is 16.4. The first-order valence-electron chi connectivity index (χ1n) is 20.2. The molecule has 13 nitrogen and oxygen atoms in total. The zero-order valence-electron chi connectivity index (χ0n) is 34.1. The molecule has 3 aromatic rings. The van der Waals surface area contributed by atoms with Crippen molar-refractivity contribution in [1.82, 2.24) is 20.0 Å². The fraction of sp³-hybridized carbons (Fsp3) is 0.304. The second-order valence-corrected chi connectivity index (χ2v) is 14.3. The average molecular weight is 854 g/mol. The van der Waals surface area contributed by atoms with Gasteiger partial charge in [-0.2, -0.15) is 4.99 Å². The van der Waals surface area contributed by atoms with Crippen molar-refractivity contribution in [3.63, 3.8) is 0 Å². The van der Waals surface area contributed by atoms with Crippen LogP contribution in [0.3, 0.4) is 0 Å². The summed E-state index contributed by atoms with van der Waals surface area (Å²) in [5.74, 6) is -1.23. The van der Waals surface area contributed by atoms with Crippen LogP contribution in [-0.4, -0.2) is 89.7 Å². The highest BCUT2D eigenvalue weighted by Gasteiger charge is 2.24. The highest BCUT2D eigenvalue weighted by molar-refractivity contribution is 6.06. The van der Waals surface area contributed by atoms with E-state index < -0.39 is 0 Å². The number of benzene rings is 3. The molecule has 4 aliphatic heterocycles. The number of carbonyl (C=O) groups is 5. The molecule has 2 saturated heterocycles. The number of nitrogens with two attached hydrogens (primary N) is 1. The lowest BCUT2D eigenvalue weighted by atomic mass is 9.96. The Hall–Kier alpha value is -6.90. The number of anilines is 2. The fourth-order valence-corrected chi connectivity index (χ4v) is 6.33. The maximum atomic E-state index is 12.9. The Morgan fingerprint density at radius 1 is 0.677 bits per heavy atom. The van der Waals surface area contributed by atoms with Crippen LogP contribution >= 0.6 is 0 Å². The number of imide groups is 2. The number of halogens is 3. The van der Waals surface area contributed by atoms with Crippen LogP contribution in [0.15, 0.2) is 126 Å². The summed E-state index contributed by atoms with van der Waals surface area (Å²) in [6.07, 6.45) is 19.7. The number of likely N-dealkylation sites (tertiary alicyclic amines) is 1. The van der Waals surface area contributed by atoms with E-state index in [2.05, 4.69) is 15.6 Å². The molecule has 0 atom stereocenters. The summed E-state index contributed by atoms with van der Waals surface area (Å²) in [5, 5.41) is 6.03. The number of hydrogen-bond donors (Lipinski definition) is 3. The molecule has 0 bridgehead atoms. The quantitative estimate of drug-likeness (QED) is 0.103. The minimum atomic E-state index is -0.350. The van der Waals surface area contributed by atoms with Crippen molar-refractivity contribution in [2.45, 2.75) is 38.5 Å². The van der Waals surface area contributed by atoms with Crippen LogP contribution in [0.25, 0.3) is 0 Å². The molecule has 16 heteroatoms. The van der Waals surface area contributed by atoms with Crippen LogP contribution in [0.4, 0.5) is 35.0 Å². The van der Waals surface area contributed by atoms with Gasteiger partial charge in [0.2, 0.25) is 6.08 Å². The summed E-state index contributed by atoms with van der Waals surface area (Å²) < 4.78 is 37.1. The van der Waals surface area contributed by atoms with E-state index in [4.69, 9.17) is 5.73 Å². The Kier molecular flexibility index (Phi) is 19.8. The summed E-state index contributed by atoms with van der Waals surface area (Å²) in [4.78, 5) is 76.6. The fourth-order valence-electron chi connectivity index (χ4n) is 6.33. The first-order valence-corrected chi connectivity index (χ1v) is 20.2. The highest BCUT2D eigenvalue weighted by Crippen LogP contribution is 2.20. The Balaban J connectivity index is 0.000000204. The van der Waals surface area contributed by atoms with E-state index in [0.29, 0.717) is 55.6 Å². The number of aliphatic imine (C=N–C) groups is 1. The maximum absolute atomic E-state index is 12.9. The van der Waals surface area contributed by atoms with E-state index in [1.54, 1.807) is 17.1 Å². The number of allylic oxidation sites excluding steroid dienone is 2. The summed E-state index contributed by atoms with van der Waals surface area (Å²) in [7, 11) is 0. The number of nitrogen functional groups attached to an aromatic ring is 1. The van der Waals surface area contributed by atoms with Gasteiger partial charge in [-0.1, -0.05) is 24.3 Å². The van der Waals surface area contributed by atoms with Crippen molar-refractivity contribution in [2.75, 3.05) is 50.3 Å². The molecule has 0 spiro atoms. The average Bonchev–Trinajstić information content (AvgIpc) is 3.29. The Bertz CT molecular complexity index is 2100. The number of hydrogen-bond acceptors (Lipinski definition) is 9. The van der Waals surface area contributed by atoms with Crippen LogP contribution in [-0.2, 0) is 24.0 Å². The first-order chi connectivity index (χ1) is 29.9. The van der Waals surface area contributed by atoms with E-state index in [0.717, 1.165) is 45.2 Å². The summed E-state index contributed by atoms with van der Waals surface area (Å²) in [5.41, 5.74) is 6.81. The Labute approximate surface area is 358 Å². The van der Waals surface area contributed by atoms with Crippen molar-refractivity contribution in [3.8, 4) is 0 Å². The maximum Gasteiger partial charge on any atom is 0.321 e. The predicted octanol–water partition coefficient (Wildman–Crippen LogP) is 7.00. The molecule has 7 rings (SSSR count). The molecule has 0 aromatic heterocycles. The molecule has 0 unspecified atom stereocenters. The molecular formula is C46H50F3N7O6. The summed E-state index contributed by atoms with van der Waals surface area (Å²) >= 11 is 0. The van der Waals surface area contributed by atoms with Gasteiger partial charge in [0.25, 0.3) is 23.6 Å². The molecule has 2 fully saturated rings. The normalized spacial score (nSPS) is 16.6. The molecule has 0 radical (unpaired) electrons. The van der Waals surface area contributed by atoms with Crippen LogP contribution in [0.1, 0.15) is 38.5 Å². The van der Waals surface area contributed by atoms with Gasteiger partial charge in [-0.15, -0.1) is 0 Å². The van der Waals surface area contributed by atoms with Gasteiger partial charge in [-0.3, -0.25) is 29.0 Å². The minimum Gasteiger partial charge on any atom is -0.399 e. The number of urea groups is 1. The topological polar surface area (TPSA) is 175 Å². The molecule has 4 N–H and O–H groups in total. The van der Waals surface area contributed by atoms with Crippen molar-refractivity contribution in [2.24, 2.45) is 16.8 Å². The van der Waals surface area contributed by atoms with Crippen LogP contribution in [0.5, 0.6) is 0 Å². The number of piperidine rings is 2. The van der Waals surface area contributed by atoms with Gasteiger partial charge in [0, 0.05) is 37.6 Å². The smallest absolute Gasteiger partial charge is 0.321 e. The third kappa shape index (κ3) is 17.0. The first kappa shape index (κ1) is 47.8. The lowest BCUT2D eigenvalue weighted by Crippen LogP contribution is -2.41. The third-order valence-corrected chi connectivity index (χ3v) is 9.82. The van der Waals surface area contributed by atoms with Crippen LogP contribution in [0, 0.1) is 29.3 Å². The Morgan fingerprint density at radius 3 is 1.58 bits per heavy atom. The highest BCUT2D eigenvalue weighted by atomic mass is 19.1. The van der Waals surface area contributed by atoms with Gasteiger partial charge in [-0.25, -0.2) is 22.8 Å². The second kappa shape index (κ2) is 25.7. The van der Waals surface area contributed by atoms with E-state index in [9.17, 15) is 41.9 Å². The minimum absolute atomic E-state index is 0.183. The van der Waals surface area contributed by atoms with Gasteiger partial charge in [0.1, 0.15) is 17.5 Å². The third-order valence-electron chi connectivity index (χ3n) is 9.82. The largest absolute Gasteiger partial charge is 0.399 e. The molecule has 0 saturated carbocycles. The molecule has 6 amide bonds. The summed E-state index contributed by atoms with van der Waals surface area (Å²) in [6.45, 7) is 4.08. The number of isocyanates is 1. The van der Waals surface area contributed by atoms with Gasteiger partial charge >= 0.3 is 6.03 Å². The van der Waals surface area contributed by atoms with Gasteiger partial charge in [0.05, 0.1) is 5.69 Å². The monoisotopic (exact) mass is 853 g/mol. The standard InChI is InChI=1S/C20H22FN3O3.C13H18N2O2.C7H4FNO.C6H6FN/c21-16-5-7-17(8-6-16)22-20(27)23-13-10-15(11-14-23)4-9-19(26)24-12-2-1-3-18(24)25;16-12-3-1-2-10-15(12)13(17)5-4-11-6-8-14-9-7-11;8-6-1-3-7(4-2-6)9-5-10;7-5-1-3-6(8)4-2-5/h1,3-9,15H,2,10-14H2,(H,22,27);1,3-5,11,14H,2,6-10H2;1-4H;1-4H,8H2/b9-4+;5-4+;;. The lowest BCUT2D eigenvalue weighted by Gasteiger charge is -2.30. The molecule has 4 heterocycles. The number of carbonyl (C=O) groups excluding carboxylic acids is 6. The molecule has 3 aromatic carbocycles.